The fraction of sp³-hybridized carbons (Fsp3) is 0.786. The number of rotatable bonds is 6. The molecule has 2 heterocycles. The van der Waals surface area contributed by atoms with E-state index in [9.17, 15) is 0 Å². The number of guanidine groups is 1. The monoisotopic (exact) mass is 422 g/mol. The third-order valence-corrected chi connectivity index (χ3v) is 3.66. The highest BCUT2D eigenvalue weighted by Gasteiger charge is 2.19. The predicted molar refractivity (Wildman–Crippen MR) is 97.5 cm³/mol. The van der Waals surface area contributed by atoms with E-state index in [0.717, 1.165) is 51.1 Å². The molecule has 126 valence electrons. The van der Waals surface area contributed by atoms with Gasteiger partial charge in [0.25, 0.3) is 0 Å². The average molecular weight is 422 g/mol. The average Bonchev–Trinajstić information content (AvgIpc) is 3.14. The van der Waals surface area contributed by atoms with Gasteiger partial charge in [0.2, 0.25) is 0 Å². The van der Waals surface area contributed by atoms with Gasteiger partial charge in [-0.25, -0.2) is 4.99 Å². The zero-order chi connectivity index (χ0) is 15.1. The third kappa shape index (κ3) is 5.38. The molecule has 0 amide bonds. The predicted octanol–water partition coefficient (Wildman–Crippen LogP) is 1.35. The molecule has 0 spiro atoms. The fourth-order valence-corrected chi connectivity index (χ4v) is 2.48. The van der Waals surface area contributed by atoms with Crippen molar-refractivity contribution in [3.63, 3.8) is 0 Å². The number of aryl methyl sites for hydroxylation is 1. The van der Waals surface area contributed by atoms with Gasteiger partial charge < -0.3 is 19.5 Å². The number of nitrogens with zero attached hydrogens (tertiary/aromatic N) is 5. The molecule has 0 aromatic carbocycles. The molecule has 2 rings (SSSR count). The second-order valence-electron chi connectivity index (χ2n) is 5.31. The van der Waals surface area contributed by atoms with Crippen molar-refractivity contribution in [3.8, 4) is 0 Å². The maximum Gasteiger partial charge on any atom is 0.194 e. The lowest BCUT2D eigenvalue weighted by Crippen LogP contribution is -2.41. The Bertz CT molecular complexity index is 458. The summed E-state index contributed by atoms with van der Waals surface area (Å²) in [5, 5.41) is 11.4. The molecule has 1 fully saturated rings. The van der Waals surface area contributed by atoms with Gasteiger partial charge in [-0.15, -0.1) is 34.2 Å². The summed E-state index contributed by atoms with van der Waals surface area (Å²) in [5.74, 6) is 2.40. The molecule has 0 radical (unpaired) electrons. The number of nitrogens with one attached hydrogen (secondary N) is 1. The second-order valence-corrected chi connectivity index (χ2v) is 5.31. The fourth-order valence-electron chi connectivity index (χ4n) is 2.48. The van der Waals surface area contributed by atoms with Crippen molar-refractivity contribution < 1.29 is 4.74 Å². The van der Waals surface area contributed by atoms with Crippen molar-refractivity contribution >= 4 is 29.9 Å². The van der Waals surface area contributed by atoms with E-state index in [1.165, 1.54) is 0 Å². The molecule has 0 aliphatic carbocycles. The number of hydrogen-bond acceptors (Lipinski definition) is 4. The smallest absolute Gasteiger partial charge is 0.194 e. The van der Waals surface area contributed by atoms with Gasteiger partial charge in [0.05, 0.1) is 6.61 Å². The molecule has 1 atom stereocenters. The lowest BCUT2D eigenvalue weighted by atomic mass is 10.1. The van der Waals surface area contributed by atoms with E-state index in [2.05, 4.69) is 46.3 Å². The van der Waals surface area contributed by atoms with Crippen molar-refractivity contribution in [2.24, 2.45) is 10.9 Å². The zero-order valence-corrected chi connectivity index (χ0v) is 16.0. The molecule has 7 nitrogen and oxygen atoms in total. The summed E-state index contributed by atoms with van der Waals surface area (Å²) in [7, 11) is 2.07. The summed E-state index contributed by atoms with van der Waals surface area (Å²) >= 11 is 0. The summed E-state index contributed by atoms with van der Waals surface area (Å²) < 4.78 is 7.45. The highest BCUT2D eigenvalue weighted by Crippen LogP contribution is 2.13. The minimum atomic E-state index is 0. The van der Waals surface area contributed by atoms with Crippen LogP contribution in [0.4, 0.5) is 0 Å². The first kappa shape index (κ1) is 19.1. The molecule has 1 aromatic heterocycles. The van der Waals surface area contributed by atoms with E-state index < -0.39 is 0 Å². The molecular formula is C14H27IN6O. The zero-order valence-electron chi connectivity index (χ0n) is 13.7. The Morgan fingerprint density at radius 3 is 3.00 bits per heavy atom. The molecule has 1 unspecified atom stereocenters. The maximum atomic E-state index is 5.44. The van der Waals surface area contributed by atoms with Crippen molar-refractivity contribution in [1.29, 1.82) is 0 Å². The molecule has 1 aliphatic heterocycles. The van der Waals surface area contributed by atoms with Crippen LogP contribution in [0.2, 0.25) is 0 Å². The van der Waals surface area contributed by atoms with Crippen LogP contribution in [0.25, 0.3) is 0 Å². The summed E-state index contributed by atoms with van der Waals surface area (Å²) in [6.45, 7) is 9.12. The SMILES string of the molecule is CCNC(=NCc1nncn1CC)N(C)CC1CCOC1.I. The number of aliphatic imine (C=N–C) groups is 1. The minimum Gasteiger partial charge on any atom is -0.381 e. The minimum absolute atomic E-state index is 0. The van der Waals surface area contributed by atoms with Gasteiger partial charge in [-0.2, -0.15) is 0 Å². The summed E-state index contributed by atoms with van der Waals surface area (Å²) in [4.78, 5) is 6.85. The van der Waals surface area contributed by atoms with Crippen LogP contribution in [0.5, 0.6) is 0 Å². The Kier molecular flexibility index (Phi) is 8.69. The van der Waals surface area contributed by atoms with Gasteiger partial charge in [0.1, 0.15) is 12.9 Å². The lowest BCUT2D eigenvalue weighted by Gasteiger charge is -2.24. The normalized spacial score (nSPS) is 18.1. The van der Waals surface area contributed by atoms with E-state index in [4.69, 9.17) is 4.74 Å². The van der Waals surface area contributed by atoms with E-state index in [1.54, 1.807) is 6.33 Å². The molecule has 0 saturated carbocycles. The number of halogens is 1. The van der Waals surface area contributed by atoms with Crippen molar-refractivity contribution in [2.75, 3.05) is 33.4 Å². The standard InChI is InChI=1S/C14H26N6O.HI/c1-4-15-14(19(3)9-12-6-7-21-10-12)16-8-13-18-17-11-20(13)5-2;/h11-12H,4-10H2,1-3H3,(H,15,16);1H. The van der Waals surface area contributed by atoms with Crippen molar-refractivity contribution in [3.05, 3.63) is 12.2 Å². The Morgan fingerprint density at radius 1 is 1.55 bits per heavy atom. The van der Waals surface area contributed by atoms with E-state index in [0.29, 0.717) is 12.5 Å². The van der Waals surface area contributed by atoms with Crippen molar-refractivity contribution in [2.45, 2.75) is 33.4 Å². The topological polar surface area (TPSA) is 67.6 Å². The summed E-state index contributed by atoms with van der Waals surface area (Å²) in [6.07, 6.45) is 2.88. The van der Waals surface area contributed by atoms with Crippen molar-refractivity contribution in [1.82, 2.24) is 25.0 Å². The summed E-state index contributed by atoms with van der Waals surface area (Å²) in [6, 6.07) is 0. The molecule has 0 bridgehead atoms. The Balaban J connectivity index is 0.00000242. The molecule has 1 saturated heterocycles. The molecule has 1 aliphatic rings. The van der Waals surface area contributed by atoms with E-state index in [-0.39, 0.29) is 24.0 Å². The molecule has 1 aromatic rings. The van der Waals surface area contributed by atoms with Crippen LogP contribution in [-0.4, -0.2) is 59.0 Å². The first-order valence-electron chi connectivity index (χ1n) is 7.68. The first-order chi connectivity index (χ1) is 10.2. The first-order valence-corrected chi connectivity index (χ1v) is 7.68. The number of ether oxygens (including phenoxy) is 1. The molecule has 8 heteroatoms. The Hall–Kier alpha value is -0.900. The van der Waals surface area contributed by atoms with Crippen LogP contribution in [0.3, 0.4) is 0 Å². The second kappa shape index (κ2) is 9.98. The van der Waals surface area contributed by atoms with Crippen LogP contribution in [0.1, 0.15) is 26.1 Å². The summed E-state index contributed by atoms with van der Waals surface area (Å²) in [5.41, 5.74) is 0. The van der Waals surface area contributed by atoms with Crippen LogP contribution in [0.15, 0.2) is 11.3 Å². The van der Waals surface area contributed by atoms with Gasteiger partial charge in [-0.1, -0.05) is 0 Å². The van der Waals surface area contributed by atoms with Crippen LogP contribution in [-0.2, 0) is 17.8 Å². The van der Waals surface area contributed by atoms with E-state index >= 15 is 0 Å². The van der Waals surface area contributed by atoms with Gasteiger partial charge in [0, 0.05) is 39.2 Å². The van der Waals surface area contributed by atoms with Gasteiger partial charge >= 0.3 is 0 Å². The molecular weight excluding hydrogens is 395 g/mol. The number of aromatic nitrogens is 3. The van der Waals surface area contributed by atoms with Crippen LogP contribution >= 0.6 is 24.0 Å². The molecule has 1 N–H and O–H groups in total. The number of hydrogen-bond donors (Lipinski definition) is 1. The maximum absolute atomic E-state index is 5.44. The van der Waals surface area contributed by atoms with Gasteiger partial charge in [-0.3, -0.25) is 0 Å². The van der Waals surface area contributed by atoms with E-state index in [1.807, 2.05) is 4.57 Å². The van der Waals surface area contributed by atoms with Crippen LogP contribution < -0.4 is 5.32 Å². The highest BCUT2D eigenvalue weighted by molar-refractivity contribution is 14.0. The largest absolute Gasteiger partial charge is 0.381 e. The third-order valence-electron chi connectivity index (χ3n) is 3.66. The van der Waals surface area contributed by atoms with Gasteiger partial charge in [0.15, 0.2) is 11.8 Å². The highest BCUT2D eigenvalue weighted by atomic mass is 127. The Morgan fingerprint density at radius 2 is 2.36 bits per heavy atom. The van der Waals surface area contributed by atoms with Crippen LogP contribution in [0, 0.1) is 5.92 Å². The van der Waals surface area contributed by atoms with Gasteiger partial charge in [-0.05, 0) is 20.3 Å². The molecule has 22 heavy (non-hydrogen) atoms. The quantitative estimate of drug-likeness (QED) is 0.426. The Labute approximate surface area is 149 Å². The lowest BCUT2D eigenvalue weighted by molar-refractivity contribution is 0.181.